The molecular formula is C22H35N3O3. The van der Waals surface area contributed by atoms with Gasteiger partial charge in [-0.1, -0.05) is 32.9 Å². The lowest BCUT2D eigenvalue weighted by molar-refractivity contribution is -0.126. The lowest BCUT2D eigenvalue weighted by Gasteiger charge is -2.30. The number of hydrogen-bond acceptors (Lipinski definition) is 4. The first-order chi connectivity index (χ1) is 13.3. The number of nitrogens with one attached hydrogen (secondary N) is 2. The van der Waals surface area contributed by atoms with Gasteiger partial charge in [0.1, 0.15) is 0 Å². The number of piperidine rings is 1. The Hall–Kier alpha value is -1.92. The monoisotopic (exact) mass is 389 g/mol. The molecule has 0 unspecified atom stereocenters. The Labute approximate surface area is 169 Å². The number of amides is 2. The molecule has 28 heavy (non-hydrogen) atoms. The Morgan fingerprint density at radius 2 is 1.79 bits per heavy atom. The van der Waals surface area contributed by atoms with Crippen molar-refractivity contribution in [2.45, 2.75) is 45.4 Å². The van der Waals surface area contributed by atoms with Crippen LogP contribution in [0.25, 0.3) is 0 Å². The van der Waals surface area contributed by atoms with Crippen LogP contribution in [0.5, 0.6) is 0 Å². The van der Waals surface area contributed by atoms with Gasteiger partial charge in [0.2, 0.25) is 11.8 Å². The zero-order valence-corrected chi connectivity index (χ0v) is 17.7. The number of nitrogens with zero attached hydrogens (tertiary/aromatic N) is 1. The lowest BCUT2D eigenvalue weighted by Crippen LogP contribution is -2.43. The molecule has 1 saturated heterocycles. The summed E-state index contributed by atoms with van der Waals surface area (Å²) in [6.45, 7) is 9.73. The van der Waals surface area contributed by atoms with Crippen LogP contribution in [0.15, 0.2) is 24.3 Å². The summed E-state index contributed by atoms with van der Waals surface area (Å²) in [6, 6.07) is 8.04. The second-order valence-corrected chi connectivity index (χ2v) is 8.56. The number of carbonyl (C=O) groups excluding carboxylic acids is 2. The van der Waals surface area contributed by atoms with Crippen LogP contribution < -0.4 is 10.6 Å². The summed E-state index contributed by atoms with van der Waals surface area (Å²) in [5.74, 6) is 0.164. The molecule has 1 aliphatic rings. The molecule has 1 aromatic carbocycles. The maximum Gasteiger partial charge on any atom is 0.238 e. The van der Waals surface area contributed by atoms with E-state index < -0.39 is 0 Å². The van der Waals surface area contributed by atoms with Crippen LogP contribution in [0, 0.1) is 5.92 Å². The zero-order chi connectivity index (χ0) is 20.6. The van der Waals surface area contributed by atoms with E-state index in [9.17, 15) is 9.59 Å². The third-order valence-electron chi connectivity index (χ3n) is 5.18. The van der Waals surface area contributed by atoms with Crippen molar-refractivity contribution in [3.63, 3.8) is 0 Å². The highest BCUT2D eigenvalue weighted by Gasteiger charge is 2.25. The minimum atomic E-state index is -0.00836. The van der Waals surface area contributed by atoms with E-state index in [1.807, 2.05) is 12.1 Å². The van der Waals surface area contributed by atoms with Crippen LogP contribution in [-0.4, -0.2) is 56.6 Å². The van der Waals surface area contributed by atoms with Gasteiger partial charge in [0.25, 0.3) is 0 Å². The van der Waals surface area contributed by atoms with E-state index in [1.165, 1.54) is 5.56 Å². The molecule has 0 aromatic heterocycles. The van der Waals surface area contributed by atoms with E-state index in [0.717, 1.165) is 38.0 Å². The first-order valence-corrected chi connectivity index (χ1v) is 10.2. The summed E-state index contributed by atoms with van der Waals surface area (Å²) in [6.07, 6.45) is 2.42. The van der Waals surface area contributed by atoms with Crippen LogP contribution in [0.2, 0.25) is 0 Å². The van der Waals surface area contributed by atoms with Gasteiger partial charge in [-0.05, 0) is 55.5 Å². The standard InChI is InChI=1S/C22H35N3O3/c1-22(2,3)18-6-8-19(9-7-18)24-20(26)16-25-13-10-17(11-14-25)21(27)23-12-5-15-28-4/h6-9,17H,5,10-16H2,1-4H3,(H,23,27)(H,24,26). The van der Waals surface area contributed by atoms with Gasteiger partial charge in [0.05, 0.1) is 6.54 Å². The fourth-order valence-electron chi connectivity index (χ4n) is 3.38. The number of anilines is 1. The summed E-state index contributed by atoms with van der Waals surface area (Å²) in [7, 11) is 1.66. The molecule has 2 amide bonds. The number of likely N-dealkylation sites (tertiary alicyclic amines) is 1. The highest BCUT2D eigenvalue weighted by atomic mass is 16.5. The Morgan fingerprint density at radius 3 is 2.36 bits per heavy atom. The Bertz CT molecular complexity index is 629. The predicted octanol–water partition coefficient (Wildman–Crippen LogP) is 2.79. The van der Waals surface area contributed by atoms with Gasteiger partial charge in [-0.2, -0.15) is 0 Å². The van der Waals surface area contributed by atoms with E-state index in [4.69, 9.17) is 4.74 Å². The summed E-state index contributed by atoms with van der Waals surface area (Å²) in [4.78, 5) is 26.6. The Kier molecular flexibility index (Phi) is 8.45. The van der Waals surface area contributed by atoms with Gasteiger partial charge in [-0.25, -0.2) is 0 Å². The molecule has 1 aliphatic heterocycles. The maximum atomic E-state index is 12.3. The highest BCUT2D eigenvalue weighted by molar-refractivity contribution is 5.92. The van der Waals surface area contributed by atoms with Crippen LogP contribution in [0.4, 0.5) is 5.69 Å². The van der Waals surface area contributed by atoms with Gasteiger partial charge in [-0.15, -0.1) is 0 Å². The molecule has 2 N–H and O–H groups in total. The van der Waals surface area contributed by atoms with E-state index in [-0.39, 0.29) is 23.1 Å². The fraction of sp³-hybridized carbons (Fsp3) is 0.636. The molecule has 0 aliphatic carbocycles. The fourth-order valence-corrected chi connectivity index (χ4v) is 3.38. The molecule has 0 atom stereocenters. The van der Waals surface area contributed by atoms with E-state index >= 15 is 0 Å². The summed E-state index contributed by atoms with van der Waals surface area (Å²) in [5.41, 5.74) is 2.17. The Morgan fingerprint density at radius 1 is 1.14 bits per heavy atom. The average Bonchev–Trinajstić information content (AvgIpc) is 2.65. The van der Waals surface area contributed by atoms with Gasteiger partial charge >= 0.3 is 0 Å². The summed E-state index contributed by atoms with van der Waals surface area (Å²) in [5, 5.41) is 5.94. The minimum Gasteiger partial charge on any atom is -0.385 e. The molecule has 0 saturated carbocycles. The molecule has 2 rings (SSSR count). The van der Waals surface area contributed by atoms with E-state index in [2.05, 4.69) is 48.4 Å². The molecule has 156 valence electrons. The number of carbonyl (C=O) groups is 2. The lowest BCUT2D eigenvalue weighted by atomic mass is 9.87. The predicted molar refractivity (Wildman–Crippen MR) is 112 cm³/mol. The van der Waals surface area contributed by atoms with Crippen LogP contribution in [0.3, 0.4) is 0 Å². The van der Waals surface area contributed by atoms with E-state index in [1.54, 1.807) is 7.11 Å². The minimum absolute atomic E-state index is 0.00836. The molecular weight excluding hydrogens is 354 g/mol. The molecule has 6 nitrogen and oxygen atoms in total. The number of hydrogen-bond donors (Lipinski definition) is 2. The molecule has 0 radical (unpaired) electrons. The molecule has 0 bridgehead atoms. The van der Waals surface area contributed by atoms with Crippen LogP contribution >= 0.6 is 0 Å². The van der Waals surface area contributed by atoms with Crippen molar-refractivity contribution >= 4 is 17.5 Å². The van der Waals surface area contributed by atoms with Gasteiger partial charge in [0, 0.05) is 31.9 Å². The second-order valence-electron chi connectivity index (χ2n) is 8.56. The van der Waals surface area contributed by atoms with Crippen molar-refractivity contribution < 1.29 is 14.3 Å². The van der Waals surface area contributed by atoms with E-state index in [0.29, 0.717) is 19.7 Å². The smallest absolute Gasteiger partial charge is 0.238 e. The number of ether oxygens (including phenoxy) is 1. The topological polar surface area (TPSA) is 70.7 Å². The second kappa shape index (κ2) is 10.6. The van der Waals surface area contributed by atoms with Crippen LogP contribution in [0.1, 0.15) is 45.6 Å². The van der Waals surface area contributed by atoms with Gasteiger partial charge in [-0.3, -0.25) is 14.5 Å². The quantitative estimate of drug-likeness (QED) is 0.671. The van der Waals surface area contributed by atoms with Gasteiger partial charge in [0.15, 0.2) is 0 Å². The largest absolute Gasteiger partial charge is 0.385 e. The molecule has 0 spiro atoms. The molecule has 6 heteroatoms. The third kappa shape index (κ3) is 7.24. The molecule has 1 fully saturated rings. The first kappa shape index (κ1) is 22.4. The average molecular weight is 390 g/mol. The SMILES string of the molecule is COCCCNC(=O)C1CCN(CC(=O)Nc2ccc(C(C)(C)C)cc2)CC1. The molecule has 1 aromatic rings. The summed E-state index contributed by atoms with van der Waals surface area (Å²) >= 11 is 0. The first-order valence-electron chi connectivity index (χ1n) is 10.2. The number of rotatable bonds is 8. The Balaban J connectivity index is 1.71. The number of methoxy groups -OCH3 is 1. The normalized spacial score (nSPS) is 16.0. The zero-order valence-electron chi connectivity index (χ0n) is 17.7. The highest BCUT2D eigenvalue weighted by Crippen LogP contribution is 2.23. The van der Waals surface area contributed by atoms with Crippen molar-refractivity contribution in [2.75, 3.05) is 45.2 Å². The van der Waals surface area contributed by atoms with Crippen molar-refractivity contribution in [2.24, 2.45) is 5.92 Å². The van der Waals surface area contributed by atoms with Gasteiger partial charge < -0.3 is 15.4 Å². The summed E-state index contributed by atoms with van der Waals surface area (Å²) < 4.78 is 4.99. The van der Waals surface area contributed by atoms with Crippen LogP contribution in [-0.2, 0) is 19.7 Å². The van der Waals surface area contributed by atoms with Crippen molar-refractivity contribution in [3.8, 4) is 0 Å². The van der Waals surface area contributed by atoms with Crippen molar-refractivity contribution in [1.82, 2.24) is 10.2 Å². The van der Waals surface area contributed by atoms with Crippen molar-refractivity contribution in [1.29, 1.82) is 0 Å². The maximum absolute atomic E-state index is 12.3. The molecule has 1 heterocycles. The number of benzene rings is 1. The third-order valence-corrected chi connectivity index (χ3v) is 5.18. The van der Waals surface area contributed by atoms with Crippen molar-refractivity contribution in [3.05, 3.63) is 29.8 Å².